The Morgan fingerprint density at radius 1 is 1.24 bits per heavy atom. The largest absolute Gasteiger partial charge is 0.325 e. The summed E-state index contributed by atoms with van der Waals surface area (Å²) in [5, 5.41) is 2.36. The van der Waals surface area contributed by atoms with Gasteiger partial charge in [0.2, 0.25) is 0 Å². The van der Waals surface area contributed by atoms with Gasteiger partial charge in [0.05, 0.1) is 11.4 Å². The molecule has 0 unspecified atom stereocenters. The first-order valence-corrected chi connectivity index (χ1v) is 8.23. The van der Waals surface area contributed by atoms with Gasteiger partial charge in [0.25, 0.3) is 5.91 Å². The molecule has 1 aromatic carbocycles. The zero-order valence-corrected chi connectivity index (χ0v) is 14.2. The first kappa shape index (κ1) is 17.2. The van der Waals surface area contributed by atoms with Crippen LogP contribution in [0.1, 0.15) is 27.0 Å². The summed E-state index contributed by atoms with van der Waals surface area (Å²) in [5.41, 5.74) is -2.05. The van der Waals surface area contributed by atoms with E-state index >= 15 is 0 Å². The molecule has 3 amide bonds. The number of urea groups is 1. The standard InChI is InChI=1S/C17H14F2N2O3S/c1-9-3-6-14(25-9)13(22)8-21-15(23)17(2,20-16(21)24)11-7-10(18)4-5-12(11)19/h3-7H,8H2,1-2H3,(H,20,24)/t17-/m1/s1. The second-order valence-corrected chi connectivity index (χ2v) is 7.19. The molecule has 0 bridgehead atoms. The molecule has 2 aromatic rings. The highest BCUT2D eigenvalue weighted by Gasteiger charge is 2.50. The van der Waals surface area contributed by atoms with E-state index in [1.807, 2.05) is 6.92 Å². The molecule has 3 rings (SSSR count). The second-order valence-electron chi connectivity index (χ2n) is 5.90. The maximum Gasteiger partial charge on any atom is 0.325 e. The zero-order chi connectivity index (χ0) is 18.4. The van der Waals surface area contributed by atoms with E-state index in [1.165, 1.54) is 18.3 Å². The lowest BCUT2D eigenvalue weighted by molar-refractivity contribution is -0.130. The number of nitrogens with one attached hydrogen (secondary N) is 1. The SMILES string of the molecule is Cc1ccc(C(=O)CN2C(=O)N[C@](C)(c3cc(F)ccc3F)C2=O)s1. The van der Waals surface area contributed by atoms with E-state index in [0.717, 1.165) is 28.0 Å². The summed E-state index contributed by atoms with van der Waals surface area (Å²) in [7, 11) is 0. The molecule has 25 heavy (non-hydrogen) atoms. The molecular formula is C17H14F2N2O3S. The highest BCUT2D eigenvalue weighted by Crippen LogP contribution is 2.31. The Morgan fingerprint density at radius 3 is 2.60 bits per heavy atom. The fourth-order valence-electron chi connectivity index (χ4n) is 2.71. The first-order valence-electron chi connectivity index (χ1n) is 7.41. The Morgan fingerprint density at radius 2 is 1.96 bits per heavy atom. The van der Waals surface area contributed by atoms with Gasteiger partial charge in [0, 0.05) is 10.4 Å². The number of amides is 3. The van der Waals surface area contributed by atoms with Gasteiger partial charge < -0.3 is 5.32 Å². The van der Waals surface area contributed by atoms with Gasteiger partial charge >= 0.3 is 6.03 Å². The third kappa shape index (κ3) is 2.93. The molecule has 0 saturated carbocycles. The molecule has 1 aliphatic heterocycles. The lowest BCUT2D eigenvalue weighted by Crippen LogP contribution is -2.42. The number of benzene rings is 1. The number of Topliss-reactive ketones (excluding diaryl/α,β-unsaturated/α-hetero) is 1. The quantitative estimate of drug-likeness (QED) is 0.670. The van der Waals surface area contributed by atoms with Crippen molar-refractivity contribution in [3.63, 3.8) is 0 Å². The van der Waals surface area contributed by atoms with E-state index in [0.29, 0.717) is 4.88 Å². The fraction of sp³-hybridized carbons (Fsp3) is 0.235. The number of ketones is 1. The maximum absolute atomic E-state index is 14.1. The van der Waals surface area contributed by atoms with Crippen molar-refractivity contribution >= 4 is 29.1 Å². The van der Waals surface area contributed by atoms with Gasteiger partial charge in [-0.15, -0.1) is 11.3 Å². The molecule has 1 aliphatic rings. The van der Waals surface area contributed by atoms with Crippen molar-refractivity contribution < 1.29 is 23.2 Å². The third-order valence-electron chi connectivity index (χ3n) is 4.06. The van der Waals surface area contributed by atoms with Crippen molar-refractivity contribution in [3.05, 3.63) is 57.3 Å². The van der Waals surface area contributed by atoms with Gasteiger partial charge in [-0.3, -0.25) is 14.5 Å². The highest BCUT2D eigenvalue weighted by atomic mass is 32.1. The number of thiophene rings is 1. The predicted molar refractivity (Wildman–Crippen MR) is 87.3 cm³/mol. The molecule has 2 heterocycles. The Hall–Kier alpha value is -2.61. The summed E-state index contributed by atoms with van der Waals surface area (Å²) < 4.78 is 27.5. The van der Waals surface area contributed by atoms with Gasteiger partial charge in [0.1, 0.15) is 17.2 Å². The topological polar surface area (TPSA) is 66.5 Å². The third-order valence-corrected chi connectivity index (χ3v) is 5.10. The fourth-order valence-corrected chi connectivity index (χ4v) is 3.51. The minimum absolute atomic E-state index is 0.284. The van der Waals surface area contributed by atoms with E-state index < -0.39 is 41.4 Å². The Labute approximate surface area is 146 Å². The summed E-state index contributed by atoms with van der Waals surface area (Å²) in [4.78, 5) is 39.2. The number of carbonyl (C=O) groups is 3. The van der Waals surface area contributed by atoms with Crippen LogP contribution in [0.15, 0.2) is 30.3 Å². The summed E-state index contributed by atoms with van der Waals surface area (Å²) in [6.45, 7) is 2.65. The maximum atomic E-state index is 14.1. The summed E-state index contributed by atoms with van der Waals surface area (Å²) in [6, 6.07) is 5.23. The molecule has 130 valence electrons. The van der Waals surface area contributed by atoms with Crippen molar-refractivity contribution in [3.8, 4) is 0 Å². The van der Waals surface area contributed by atoms with Crippen LogP contribution in [0.3, 0.4) is 0 Å². The predicted octanol–water partition coefficient (Wildman–Crippen LogP) is 2.98. The molecule has 0 aliphatic carbocycles. The monoisotopic (exact) mass is 364 g/mol. The van der Waals surface area contributed by atoms with Crippen LogP contribution in [0.4, 0.5) is 13.6 Å². The van der Waals surface area contributed by atoms with Crippen molar-refractivity contribution in [2.24, 2.45) is 0 Å². The van der Waals surface area contributed by atoms with Crippen LogP contribution in [0.2, 0.25) is 0 Å². The Bertz CT molecular complexity index is 896. The van der Waals surface area contributed by atoms with Gasteiger partial charge in [-0.1, -0.05) is 0 Å². The van der Waals surface area contributed by atoms with E-state index in [-0.39, 0.29) is 5.56 Å². The summed E-state index contributed by atoms with van der Waals surface area (Å²) >= 11 is 1.25. The van der Waals surface area contributed by atoms with E-state index in [2.05, 4.69) is 5.32 Å². The Kier molecular flexibility index (Phi) is 4.16. The first-order chi connectivity index (χ1) is 11.7. The smallest absolute Gasteiger partial charge is 0.319 e. The highest BCUT2D eigenvalue weighted by molar-refractivity contribution is 7.14. The lowest BCUT2D eigenvalue weighted by Gasteiger charge is -2.22. The van der Waals surface area contributed by atoms with Crippen LogP contribution in [-0.4, -0.2) is 29.2 Å². The molecule has 8 heteroatoms. The zero-order valence-electron chi connectivity index (χ0n) is 13.4. The lowest BCUT2D eigenvalue weighted by atomic mass is 9.91. The van der Waals surface area contributed by atoms with E-state index in [9.17, 15) is 23.2 Å². The Balaban J connectivity index is 1.89. The van der Waals surface area contributed by atoms with E-state index in [1.54, 1.807) is 12.1 Å². The minimum Gasteiger partial charge on any atom is -0.319 e. The average Bonchev–Trinajstić information content (AvgIpc) is 3.07. The van der Waals surface area contributed by atoms with E-state index in [4.69, 9.17) is 0 Å². The van der Waals surface area contributed by atoms with Gasteiger partial charge in [-0.05, 0) is 44.2 Å². The number of aryl methyl sites for hydroxylation is 1. The number of carbonyl (C=O) groups excluding carboxylic acids is 3. The molecule has 1 aromatic heterocycles. The molecule has 1 atom stereocenters. The van der Waals surface area contributed by atoms with Crippen molar-refractivity contribution in [1.82, 2.24) is 10.2 Å². The van der Waals surface area contributed by atoms with Crippen LogP contribution < -0.4 is 5.32 Å². The number of halogens is 2. The van der Waals surface area contributed by atoms with Crippen LogP contribution in [-0.2, 0) is 10.3 Å². The minimum atomic E-state index is -1.77. The van der Waals surface area contributed by atoms with Crippen molar-refractivity contribution in [2.75, 3.05) is 6.54 Å². The number of rotatable bonds is 4. The molecule has 0 spiro atoms. The molecule has 1 N–H and O–H groups in total. The van der Waals surface area contributed by atoms with Gasteiger partial charge in [0.15, 0.2) is 5.78 Å². The van der Waals surface area contributed by atoms with Crippen LogP contribution >= 0.6 is 11.3 Å². The summed E-state index contributed by atoms with van der Waals surface area (Å²) in [6.07, 6.45) is 0. The van der Waals surface area contributed by atoms with Crippen molar-refractivity contribution in [1.29, 1.82) is 0 Å². The second kappa shape index (κ2) is 6.03. The molecule has 1 fully saturated rings. The van der Waals surface area contributed by atoms with Crippen molar-refractivity contribution in [2.45, 2.75) is 19.4 Å². The summed E-state index contributed by atoms with van der Waals surface area (Å²) in [5.74, 6) is -2.75. The van der Waals surface area contributed by atoms with Crippen LogP contribution in [0.25, 0.3) is 0 Å². The number of hydrogen-bond acceptors (Lipinski definition) is 4. The van der Waals surface area contributed by atoms with Crippen LogP contribution in [0, 0.1) is 18.6 Å². The van der Waals surface area contributed by atoms with Gasteiger partial charge in [-0.2, -0.15) is 0 Å². The molecule has 5 nitrogen and oxygen atoms in total. The number of nitrogens with zero attached hydrogens (tertiary/aromatic N) is 1. The normalized spacial score (nSPS) is 20.1. The number of imide groups is 1. The average molecular weight is 364 g/mol. The van der Waals surface area contributed by atoms with Gasteiger partial charge in [-0.25, -0.2) is 13.6 Å². The van der Waals surface area contributed by atoms with Crippen LogP contribution in [0.5, 0.6) is 0 Å². The number of hydrogen-bond donors (Lipinski definition) is 1. The molecule has 1 saturated heterocycles. The molecular weight excluding hydrogens is 350 g/mol. The molecule has 0 radical (unpaired) electrons.